The molecular weight excluding hydrogens is 337 g/mol. The number of rotatable bonds is 6. The minimum atomic E-state index is -0.720. The Morgan fingerprint density at radius 2 is 2.04 bits per heavy atom. The molecule has 126 valence electrons. The highest BCUT2D eigenvalue weighted by Crippen LogP contribution is 2.28. The maximum Gasteiger partial charge on any atom is 0.338 e. The molecule has 24 heavy (non-hydrogen) atoms. The molecule has 0 radical (unpaired) electrons. The smallest absolute Gasteiger partial charge is 0.338 e. The van der Waals surface area contributed by atoms with Gasteiger partial charge in [-0.2, -0.15) is 0 Å². The average molecular weight is 351 g/mol. The summed E-state index contributed by atoms with van der Waals surface area (Å²) < 4.78 is 23.5. The number of esters is 1. The summed E-state index contributed by atoms with van der Waals surface area (Å²) in [6, 6.07) is 8.31. The molecule has 0 aliphatic carbocycles. The third-order valence-corrected chi connectivity index (χ3v) is 3.98. The van der Waals surface area contributed by atoms with Crippen molar-refractivity contribution in [3.05, 3.63) is 63.5 Å². The fourth-order valence-corrected chi connectivity index (χ4v) is 2.54. The monoisotopic (exact) mass is 351 g/mol. The standard InChI is InChI=1S/C16H14FNO5S/c1-22-14-5-3-10(7-12(14)17)9-23-16(19)11-4-6-15(24-2)13(8-11)18(20)21/h3-8H,9H2,1-2H3. The zero-order valence-electron chi connectivity index (χ0n) is 12.9. The summed E-state index contributed by atoms with van der Waals surface area (Å²) >= 11 is 1.21. The lowest BCUT2D eigenvalue weighted by Gasteiger charge is -2.07. The quantitative estimate of drug-likeness (QED) is 0.341. The van der Waals surface area contributed by atoms with Gasteiger partial charge in [0.15, 0.2) is 11.6 Å². The van der Waals surface area contributed by atoms with Crippen LogP contribution in [0.1, 0.15) is 15.9 Å². The number of benzene rings is 2. The Labute approximate surface area is 141 Å². The van der Waals surface area contributed by atoms with Crippen LogP contribution in [0.2, 0.25) is 0 Å². The Bertz CT molecular complexity index is 781. The van der Waals surface area contributed by atoms with Crippen molar-refractivity contribution >= 4 is 23.4 Å². The number of ether oxygens (including phenoxy) is 2. The van der Waals surface area contributed by atoms with Crippen molar-refractivity contribution in [2.45, 2.75) is 11.5 Å². The fraction of sp³-hybridized carbons (Fsp3) is 0.188. The summed E-state index contributed by atoms with van der Waals surface area (Å²) in [6.07, 6.45) is 1.71. The maximum atomic E-state index is 13.6. The van der Waals surface area contributed by atoms with Crippen molar-refractivity contribution < 1.29 is 23.6 Å². The molecule has 8 heteroatoms. The van der Waals surface area contributed by atoms with Crippen molar-refractivity contribution in [2.24, 2.45) is 0 Å². The molecular formula is C16H14FNO5S. The van der Waals surface area contributed by atoms with Crippen molar-refractivity contribution in [1.82, 2.24) is 0 Å². The molecule has 0 amide bonds. The van der Waals surface area contributed by atoms with Crippen molar-refractivity contribution in [2.75, 3.05) is 13.4 Å². The van der Waals surface area contributed by atoms with Gasteiger partial charge in [0, 0.05) is 6.07 Å². The average Bonchev–Trinajstić information content (AvgIpc) is 2.59. The van der Waals surface area contributed by atoms with Gasteiger partial charge in [0.25, 0.3) is 5.69 Å². The molecule has 0 heterocycles. The van der Waals surface area contributed by atoms with Gasteiger partial charge in [-0.15, -0.1) is 11.8 Å². The lowest BCUT2D eigenvalue weighted by molar-refractivity contribution is -0.387. The Morgan fingerprint density at radius 3 is 2.62 bits per heavy atom. The van der Waals surface area contributed by atoms with Crippen LogP contribution in [0.5, 0.6) is 5.75 Å². The molecule has 2 rings (SSSR count). The molecule has 0 bridgehead atoms. The first-order valence-electron chi connectivity index (χ1n) is 6.78. The van der Waals surface area contributed by atoms with Crippen molar-refractivity contribution in [3.8, 4) is 5.75 Å². The lowest BCUT2D eigenvalue weighted by atomic mass is 10.2. The highest BCUT2D eigenvalue weighted by atomic mass is 32.2. The zero-order chi connectivity index (χ0) is 17.7. The fourth-order valence-electron chi connectivity index (χ4n) is 1.99. The van der Waals surface area contributed by atoms with E-state index in [-0.39, 0.29) is 23.6 Å². The second-order valence-corrected chi connectivity index (χ2v) is 5.54. The van der Waals surface area contributed by atoms with E-state index in [4.69, 9.17) is 9.47 Å². The van der Waals surface area contributed by atoms with Crippen LogP contribution in [-0.4, -0.2) is 24.3 Å². The summed E-state index contributed by atoms with van der Waals surface area (Å²) in [6.45, 7) is -0.155. The van der Waals surface area contributed by atoms with E-state index >= 15 is 0 Å². The minimum Gasteiger partial charge on any atom is -0.494 e. The van der Waals surface area contributed by atoms with Gasteiger partial charge in [-0.05, 0) is 36.1 Å². The highest BCUT2D eigenvalue weighted by molar-refractivity contribution is 7.98. The van der Waals surface area contributed by atoms with Crippen molar-refractivity contribution in [1.29, 1.82) is 0 Å². The van der Waals surface area contributed by atoms with Crippen LogP contribution < -0.4 is 4.74 Å². The molecule has 6 nitrogen and oxygen atoms in total. The molecule has 0 saturated carbocycles. The number of thioether (sulfide) groups is 1. The van der Waals surface area contributed by atoms with Gasteiger partial charge in [0.2, 0.25) is 0 Å². The van der Waals surface area contributed by atoms with Crippen LogP contribution in [-0.2, 0) is 11.3 Å². The van der Waals surface area contributed by atoms with Gasteiger partial charge >= 0.3 is 5.97 Å². The first-order valence-corrected chi connectivity index (χ1v) is 8.00. The summed E-state index contributed by atoms with van der Waals surface area (Å²) in [5, 5.41) is 11.0. The largest absolute Gasteiger partial charge is 0.494 e. The summed E-state index contributed by atoms with van der Waals surface area (Å²) in [7, 11) is 1.35. The van der Waals surface area contributed by atoms with Crippen molar-refractivity contribution in [3.63, 3.8) is 0 Å². The predicted octanol–water partition coefficient (Wildman–Crippen LogP) is 3.82. The summed E-state index contributed by atoms with van der Waals surface area (Å²) in [4.78, 5) is 22.9. The molecule has 2 aromatic carbocycles. The lowest BCUT2D eigenvalue weighted by Crippen LogP contribution is -2.06. The molecule has 0 spiro atoms. The van der Waals surface area contributed by atoms with Crippen LogP contribution in [0.3, 0.4) is 0 Å². The number of methoxy groups -OCH3 is 1. The van der Waals surface area contributed by atoms with E-state index in [1.165, 1.54) is 49.2 Å². The number of halogens is 1. The van der Waals surface area contributed by atoms with E-state index < -0.39 is 16.7 Å². The van der Waals surface area contributed by atoms with Gasteiger partial charge in [-0.1, -0.05) is 6.07 Å². The SMILES string of the molecule is COc1ccc(COC(=O)c2ccc(SC)c([N+](=O)[O-])c2)cc1F. The van der Waals surface area contributed by atoms with E-state index in [1.807, 2.05) is 0 Å². The Hall–Kier alpha value is -2.61. The van der Waals surface area contributed by atoms with Crippen LogP contribution >= 0.6 is 11.8 Å². The van der Waals surface area contributed by atoms with Crippen LogP contribution in [0, 0.1) is 15.9 Å². The molecule has 0 saturated heterocycles. The Kier molecular flexibility index (Phi) is 5.75. The van der Waals surface area contributed by atoms with E-state index in [1.54, 1.807) is 12.3 Å². The van der Waals surface area contributed by atoms with E-state index in [2.05, 4.69) is 0 Å². The first kappa shape index (κ1) is 17.7. The number of nitro benzene ring substituents is 1. The summed E-state index contributed by atoms with van der Waals surface area (Å²) in [5.41, 5.74) is 0.345. The van der Waals surface area contributed by atoms with E-state index in [0.717, 1.165) is 0 Å². The number of nitrogens with zero attached hydrogens (tertiary/aromatic N) is 1. The third kappa shape index (κ3) is 4.02. The predicted molar refractivity (Wildman–Crippen MR) is 86.9 cm³/mol. The summed E-state index contributed by atoms with van der Waals surface area (Å²) in [5.74, 6) is -1.19. The van der Waals surface area contributed by atoms with E-state index in [0.29, 0.717) is 10.5 Å². The van der Waals surface area contributed by atoms with E-state index in [9.17, 15) is 19.3 Å². The molecule has 0 unspecified atom stereocenters. The van der Waals surface area contributed by atoms with Crippen LogP contribution in [0.15, 0.2) is 41.3 Å². The van der Waals surface area contributed by atoms with Gasteiger partial charge < -0.3 is 9.47 Å². The molecule has 0 fully saturated rings. The molecule has 0 N–H and O–H groups in total. The molecule has 2 aromatic rings. The first-order chi connectivity index (χ1) is 11.5. The van der Waals surface area contributed by atoms with Gasteiger partial charge in [0.1, 0.15) is 6.61 Å². The number of nitro groups is 1. The number of carbonyl (C=O) groups is 1. The second-order valence-electron chi connectivity index (χ2n) is 4.69. The third-order valence-electron chi connectivity index (χ3n) is 3.20. The Balaban J connectivity index is 2.11. The van der Waals surface area contributed by atoms with Crippen LogP contribution in [0.4, 0.5) is 10.1 Å². The molecule has 0 atom stereocenters. The minimum absolute atomic E-state index is 0.0634. The topological polar surface area (TPSA) is 78.7 Å². The molecule has 0 aliphatic heterocycles. The molecule has 0 aromatic heterocycles. The highest BCUT2D eigenvalue weighted by Gasteiger charge is 2.18. The number of hydrogen-bond acceptors (Lipinski definition) is 6. The van der Waals surface area contributed by atoms with Gasteiger partial charge in [0.05, 0.1) is 22.5 Å². The van der Waals surface area contributed by atoms with Crippen LogP contribution in [0.25, 0.3) is 0 Å². The normalized spacial score (nSPS) is 10.3. The van der Waals surface area contributed by atoms with Gasteiger partial charge in [-0.25, -0.2) is 9.18 Å². The second kappa shape index (κ2) is 7.78. The maximum absolute atomic E-state index is 13.6. The Morgan fingerprint density at radius 1 is 1.29 bits per heavy atom. The number of hydrogen-bond donors (Lipinski definition) is 0. The number of carbonyl (C=O) groups excluding carboxylic acids is 1. The van der Waals surface area contributed by atoms with Gasteiger partial charge in [-0.3, -0.25) is 10.1 Å². The zero-order valence-corrected chi connectivity index (χ0v) is 13.8. The molecule has 0 aliphatic rings.